The Morgan fingerprint density at radius 3 is 2.83 bits per heavy atom. The van der Waals surface area contributed by atoms with Gasteiger partial charge < -0.3 is 10.6 Å². The van der Waals surface area contributed by atoms with Crippen molar-refractivity contribution in [2.75, 3.05) is 25.0 Å². The molecule has 7 nitrogen and oxygen atoms in total. The van der Waals surface area contributed by atoms with Gasteiger partial charge in [0, 0.05) is 31.9 Å². The molecule has 1 aromatic heterocycles. The Morgan fingerprint density at radius 1 is 1.42 bits per heavy atom. The number of nitrogens with one attached hydrogen (secondary N) is 2. The van der Waals surface area contributed by atoms with Gasteiger partial charge in [-0.15, -0.1) is 0 Å². The van der Waals surface area contributed by atoms with Crippen LogP contribution in [0.25, 0.3) is 0 Å². The third-order valence-electron chi connectivity index (χ3n) is 3.21. The second-order valence-electron chi connectivity index (χ2n) is 4.95. The number of carbonyl (C=O) groups is 1. The maximum absolute atomic E-state index is 12.4. The molecule has 0 bridgehead atoms. The molecule has 1 amide bonds. The van der Waals surface area contributed by atoms with Crippen LogP contribution < -0.4 is 10.6 Å². The molecule has 1 aromatic rings. The summed E-state index contributed by atoms with van der Waals surface area (Å²) in [6, 6.07) is 3.61. The first-order chi connectivity index (χ1) is 11.4. The van der Waals surface area contributed by atoms with Gasteiger partial charge in [0.25, 0.3) is 5.91 Å². The molecule has 0 aromatic carbocycles. The lowest BCUT2D eigenvalue weighted by Gasteiger charge is -2.16. The molecule has 0 aliphatic carbocycles. The topological polar surface area (TPSA) is 93.4 Å². The zero-order chi connectivity index (χ0) is 17.6. The molecule has 128 valence electrons. The highest BCUT2D eigenvalue weighted by molar-refractivity contribution is 5.81. The van der Waals surface area contributed by atoms with Gasteiger partial charge in [-0.05, 0) is 12.1 Å². The van der Waals surface area contributed by atoms with E-state index < -0.39 is 17.8 Å². The van der Waals surface area contributed by atoms with E-state index >= 15 is 0 Å². The highest BCUT2D eigenvalue weighted by Gasteiger charge is 2.30. The van der Waals surface area contributed by atoms with Crippen LogP contribution in [0.15, 0.2) is 23.4 Å². The van der Waals surface area contributed by atoms with Crippen molar-refractivity contribution in [2.24, 2.45) is 5.10 Å². The molecule has 0 fully saturated rings. The maximum Gasteiger partial charge on any atom is 0.417 e. The van der Waals surface area contributed by atoms with Gasteiger partial charge in [-0.25, -0.2) is 9.99 Å². The summed E-state index contributed by atoms with van der Waals surface area (Å²) < 4.78 is 37.2. The first-order valence-electron chi connectivity index (χ1n) is 7.14. The van der Waals surface area contributed by atoms with Crippen LogP contribution in [0.4, 0.5) is 19.0 Å². The number of alkyl halides is 3. The van der Waals surface area contributed by atoms with Crippen LogP contribution in [0, 0.1) is 11.3 Å². The van der Waals surface area contributed by atoms with Crippen LogP contribution in [-0.2, 0) is 11.0 Å². The molecule has 0 radical (unpaired) electrons. The van der Waals surface area contributed by atoms with Crippen molar-refractivity contribution < 1.29 is 18.0 Å². The first kappa shape index (κ1) is 17.7. The van der Waals surface area contributed by atoms with Crippen molar-refractivity contribution in [3.8, 4) is 6.07 Å². The second-order valence-corrected chi connectivity index (χ2v) is 4.95. The Labute approximate surface area is 136 Å². The molecule has 1 aliphatic rings. The molecular formula is C14H15F3N6O. The number of halogens is 3. The fourth-order valence-electron chi connectivity index (χ4n) is 1.98. The molecule has 0 spiro atoms. The van der Waals surface area contributed by atoms with Crippen LogP contribution in [0.1, 0.15) is 12.0 Å². The quantitative estimate of drug-likeness (QED) is 0.760. The van der Waals surface area contributed by atoms with Crippen molar-refractivity contribution >= 4 is 17.9 Å². The number of pyridine rings is 1. The van der Waals surface area contributed by atoms with E-state index in [0.29, 0.717) is 25.3 Å². The number of amides is 1. The predicted octanol–water partition coefficient (Wildman–Crippen LogP) is 1.21. The first-order valence-corrected chi connectivity index (χ1v) is 7.14. The molecule has 1 atom stereocenters. The zero-order valence-electron chi connectivity index (χ0n) is 12.5. The third kappa shape index (κ3) is 4.66. The standard InChI is InChI=1S/C14H15F3N6O/c15-14(16,17)10-1-2-12(21-8-10)20-6-5-19-9-13(24)23-11(7-18)3-4-22-23/h1-2,4,8,11,19H,3,5-6,9H2,(H,20,21). The molecule has 0 saturated carbocycles. The summed E-state index contributed by atoms with van der Waals surface area (Å²) in [6.07, 6.45) is -1.72. The Morgan fingerprint density at radius 2 is 2.21 bits per heavy atom. The molecule has 1 unspecified atom stereocenters. The average Bonchev–Trinajstić information content (AvgIpc) is 3.02. The SMILES string of the molecule is N#CC1CC=NN1C(=O)CNCCNc1ccc(C(F)(F)F)cn1. The number of rotatable bonds is 6. The number of hydrogen-bond acceptors (Lipinski definition) is 6. The predicted molar refractivity (Wildman–Crippen MR) is 80.0 cm³/mol. The second kappa shape index (κ2) is 7.74. The van der Waals surface area contributed by atoms with E-state index in [9.17, 15) is 18.0 Å². The minimum Gasteiger partial charge on any atom is -0.369 e. The third-order valence-corrected chi connectivity index (χ3v) is 3.21. The van der Waals surface area contributed by atoms with Gasteiger partial charge >= 0.3 is 6.18 Å². The van der Waals surface area contributed by atoms with Crippen LogP contribution >= 0.6 is 0 Å². The van der Waals surface area contributed by atoms with E-state index in [1.807, 2.05) is 6.07 Å². The molecule has 0 saturated heterocycles. The highest BCUT2D eigenvalue weighted by atomic mass is 19.4. The molecule has 24 heavy (non-hydrogen) atoms. The summed E-state index contributed by atoms with van der Waals surface area (Å²) in [6.45, 7) is 0.775. The average molecular weight is 340 g/mol. The fraction of sp³-hybridized carbons (Fsp3) is 0.429. The summed E-state index contributed by atoms with van der Waals surface area (Å²) in [4.78, 5) is 15.5. The molecule has 2 heterocycles. The Kier molecular flexibility index (Phi) is 5.70. The lowest BCUT2D eigenvalue weighted by atomic mass is 10.2. The maximum atomic E-state index is 12.4. The van der Waals surface area contributed by atoms with Gasteiger partial charge in [-0.3, -0.25) is 4.79 Å². The number of hydrazone groups is 1. The van der Waals surface area contributed by atoms with Crippen molar-refractivity contribution in [1.82, 2.24) is 15.3 Å². The molecular weight excluding hydrogens is 325 g/mol. The van der Waals surface area contributed by atoms with Crippen LogP contribution in [-0.4, -0.2) is 47.8 Å². The van der Waals surface area contributed by atoms with Crippen LogP contribution in [0.3, 0.4) is 0 Å². The summed E-state index contributed by atoms with van der Waals surface area (Å²) in [7, 11) is 0. The lowest BCUT2D eigenvalue weighted by Crippen LogP contribution is -2.39. The van der Waals surface area contributed by atoms with Crippen molar-refractivity contribution in [3.63, 3.8) is 0 Å². The molecule has 2 rings (SSSR count). The smallest absolute Gasteiger partial charge is 0.369 e. The van der Waals surface area contributed by atoms with E-state index in [2.05, 4.69) is 20.7 Å². The normalized spacial score (nSPS) is 16.9. The minimum atomic E-state index is -4.41. The number of nitriles is 1. The number of hydrogen-bond donors (Lipinski definition) is 2. The Bertz CT molecular complexity index is 637. The van der Waals surface area contributed by atoms with Gasteiger partial charge in [0.05, 0.1) is 18.2 Å². The fourth-order valence-corrected chi connectivity index (χ4v) is 1.98. The summed E-state index contributed by atoms with van der Waals surface area (Å²) >= 11 is 0. The summed E-state index contributed by atoms with van der Waals surface area (Å²) in [5, 5.41) is 19.5. The molecule has 2 N–H and O–H groups in total. The van der Waals surface area contributed by atoms with Gasteiger partial charge in [0.15, 0.2) is 0 Å². The number of nitrogens with zero attached hydrogens (tertiary/aromatic N) is 4. The molecule has 10 heteroatoms. The summed E-state index contributed by atoms with van der Waals surface area (Å²) in [5.41, 5.74) is -0.810. The van der Waals surface area contributed by atoms with E-state index in [0.717, 1.165) is 17.3 Å². The van der Waals surface area contributed by atoms with Gasteiger partial charge in [0.2, 0.25) is 0 Å². The number of anilines is 1. The largest absolute Gasteiger partial charge is 0.417 e. The van der Waals surface area contributed by atoms with Crippen molar-refractivity contribution in [1.29, 1.82) is 5.26 Å². The van der Waals surface area contributed by atoms with E-state index in [4.69, 9.17) is 5.26 Å². The summed E-state index contributed by atoms with van der Waals surface area (Å²) in [5.74, 6) is -0.00670. The Hall–Kier alpha value is -2.67. The number of aromatic nitrogens is 1. The van der Waals surface area contributed by atoms with Crippen LogP contribution in [0.2, 0.25) is 0 Å². The van der Waals surface area contributed by atoms with Crippen molar-refractivity contribution in [2.45, 2.75) is 18.6 Å². The highest BCUT2D eigenvalue weighted by Crippen LogP contribution is 2.28. The van der Waals surface area contributed by atoms with Gasteiger partial charge in [-0.1, -0.05) is 0 Å². The Balaban J connectivity index is 1.67. The van der Waals surface area contributed by atoms with E-state index in [1.165, 1.54) is 12.3 Å². The molecule has 1 aliphatic heterocycles. The van der Waals surface area contributed by atoms with E-state index in [1.54, 1.807) is 0 Å². The van der Waals surface area contributed by atoms with Crippen molar-refractivity contribution in [3.05, 3.63) is 23.9 Å². The van der Waals surface area contributed by atoms with Crippen LogP contribution in [0.5, 0.6) is 0 Å². The monoisotopic (exact) mass is 340 g/mol. The van der Waals surface area contributed by atoms with Gasteiger partial charge in [-0.2, -0.15) is 23.5 Å². The lowest BCUT2D eigenvalue weighted by molar-refractivity contribution is -0.137. The minimum absolute atomic E-state index is 0.0115. The number of carbonyl (C=O) groups excluding carboxylic acids is 1. The zero-order valence-corrected chi connectivity index (χ0v) is 12.5. The van der Waals surface area contributed by atoms with Gasteiger partial charge in [0.1, 0.15) is 11.9 Å². The van der Waals surface area contributed by atoms with E-state index in [-0.39, 0.29) is 12.5 Å².